The summed E-state index contributed by atoms with van der Waals surface area (Å²) in [7, 11) is 0. The maximum atomic E-state index is 13.1. The summed E-state index contributed by atoms with van der Waals surface area (Å²) >= 11 is 6.06. The summed E-state index contributed by atoms with van der Waals surface area (Å²) in [4.78, 5) is 0. The molecule has 1 N–H and O–H groups in total. The van der Waals surface area contributed by atoms with E-state index >= 15 is 0 Å². The smallest absolute Gasteiger partial charge is 0.231 e. The number of hydrogen-bond donors (Lipinski definition) is 1. The van der Waals surface area contributed by atoms with Gasteiger partial charge in [-0.3, -0.25) is 0 Å². The largest absolute Gasteiger partial charge is 0.454 e. The molecule has 2 aromatic rings. The van der Waals surface area contributed by atoms with Crippen molar-refractivity contribution in [3.8, 4) is 11.5 Å². The predicted octanol–water partition coefficient (Wildman–Crippen LogP) is 4.38. The van der Waals surface area contributed by atoms with Crippen molar-refractivity contribution in [2.45, 2.75) is 13.0 Å². The fraction of sp³-hybridized carbons (Fsp3) is 0.200. The standard InChI is InChI=1S/C15H13ClFNO2/c1-9(12-4-2-10(17)6-13(12)16)18-11-3-5-14-15(7-11)20-8-19-14/h2-7,9,18H,8H2,1H3. The Morgan fingerprint density at radius 1 is 1.15 bits per heavy atom. The molecule has 1 aliphatic heterocycles. The zero-order valence-electron chi connectivity index (χ0n) is 10.8. The Kier molecular flexibility index (Phi) is 3.40. The first-order chi connectivity index (χ1) is 9.63. The number of hydrogen-bond acceptors (Lipinski definition) is 3. The number of benzene rings is 2. The Morgan fingerprint density at radius 3 is 2.75 bits per heavy atom. The molecule has 0 spiro atoms. The average molecular weight is 294 g/mol. The molecule has 0 fully saturated rings. The van der Waals surface area contributed by atoms with E-state index in [-0.39, 0.29) is 18.7 Å². The Bertz CT molecular complexity index is 648. The van der Waals surface area contributed by atoms with Crippen LogP contribution in [0.15, 0.2) is 36.4 Å². The molecule has 0 amide bonds. The van der Waals surface area contributed by atoms with Crippen LogP contribution in [0.1, 0.15) is 18.5 Å². The summed E-state index contributed by atoms with van der Waals surface area (Å²) in [6, 6.07) is 9.97. The van der Waals surface area contributed by atoms with Crippen LogP contribution in [-0.2, 0) is 0 Å². The summed E-state index contributed by atoms with van der Waals surface area (Å²) < 4.78 is 23.6. The molecular formula is C15H13ClFNO2. The zero-order chi connectivity index (χ0) is 14.1. The topological polar surface area (TPSA) is 30.5 Å². The minimum absolute atomic E-state index is 0.0523. The molecule has 0 aliphatic carbocycles. The Balaban J connectivity index is 1.80. The lowest BCUT2D eigenvalue weighted by Crippen LogP contribution is -2.07. The van der Waals surface area contributed by atoms with Crippen LogP contribution in [0.5, 0.6) is 11.5 Å². The number of rotatable bonds is 3. The highest BCUT2D eigenvalue weighted by Crippen LogP contribution is 2.35. The van der Waals surface area contributed by atoms with Gasteiger partial charge in [-0.1, -0.05) is 17.7 Å². The summed E-state index contributed by atoms with van der Waals surface area (Å²) in [6.45, 7) is 2.21. The van der Waals surface area contributed by atoms with Gasteiger partial charge in [0, 0.05) is 22.8 Å². The molecule has 0 bridgehead atoms. The molecule has 1 unspecified atom stereocenters. The van der Waals surface area contributed by atoms with Crippen molar-refractivity contribution in [3.05, 3.63) is 52.8 Å². The highest BCUT2D eigenvalue weighted by Gasteiger charge is 2.15. The second-order valence-corrected chi connectivity index (χ2v) is 5.01. The third kappa shape index (κ3) is 2.51. The Morgan fingerprint density at radius 2 is 1.95 bits per heavy atom. The van der Waals surface area contributed by atoms with Crippen LogP contribution in [0.2, 0.25) is 5.02 Å². The van der Waals surface area contributed by atoms with Gasteiger partial charge in [0.05, 0.1) is 0 Å². The maximum absolute atomic E-state index is 13.1. The van der Waals surface area contributed by atoms with E-state index in [0.29, 0.717) is 10.8 Å². The van der Waals surface area contributed by atoms with E-state index in [9.17, 15) is 4.39 Å². The van der Waals surface area contributed by atoms with Gasteiger partial charge in [0.2, 0.25) is 6.79 Å². The summed E-state index contributed by atoms with van der Waals surface area (Å²) in [5.74, 6) is 1.12. The third-order valence-electron chi connectivity index (χ3n) is 3.18. The van der Waals surface area contributed by atoms with Crippen LogP contribution < -0.4 is 14.8 Å². The molecule has 0 saturated carbocycles. The van der Waals surface area contributed by atoms with Gasteiger partial charge >= 0.3 is 0 Å². The Labute approximate surface area is 121 Å². The molecule has 0 radical (unpaired) electrons. The van der Waals surface area contributed by atoms with Gasteiger partial charge in [-0.25, -0.2) is 4.39 Å². The summed E-state index contributed by atoms with van der Waals surface area (Å²) in [5, 5.41) is 3.71. The van der Waals surface area contributed by atoms with Crippen LogP contribution in [0.4, 0.5) is 10.1 Å². The van der Waals surface area contributed by atoms with Crippen molar-refractivity contribution in [3.63, 3.8) is 0 Å². The third-order valence-corrected chi connectivity index (χ3v) is 3.51. The first-order valence-electron chi connectivity index (χ1n) is 6.24. The van der Waals surface area contributed by atoms with Gasteiger partial charge in [0.1, 0.15) is 5.82 Å². The lowest BCUT2D eigenvalue weighted by atomic mass is 10.1. The normalized spacial score (nSPS) is 14.2. The van der Waals surface area contributed by atoms with Crippen LogP contribution in [0.3, 0.4) is 0 Å². The van der Waals surface area contributed by atoms with Gasteiger partial charge in [0.15, 0.2) is 11.5 Å². The van der Waals surface area contributed by atoms with Gasteiger partial charge < -0.3 is 14.8 Å². The fourth-order valence-electron chi connectivity index (χ4n) is 2.17. The number of fused-ring (bicyclic) bond motifs is 1. The van der Waals surface area contributed by atoms with E-state index in [1.54, 1.807) is 6.07 Å². The number of anilines is 1. The molecule has 0 saturated heterocycles. The van der Waals surface area contributed by atoms with Gasteiger partial charge in [-0.2, -0.15) is 0 Å². The first-order valence-corrected chi connectivity index (χ1v) is 6.62. The van der Waals surface area contributed by atoms with Gasteiger partial charge in [0.25, 0.3) is 0 Å². The van der Waals surface area contributed by atoms with Crippen molar-refractivity contribution >= 4 is 17.3 Å². The molecular weight excluding hydrogens is 281 g/mol. The van der Waals surface area contributed by atoms with Crippen molar-refractivity contribution in [2.75, 3.05) is 12.1 Å². The highest BCUT2D eigenvalue weighted by atomic mass is 35.5. The lowest BCUT2D eigenvalue weighted by molar-refractivity contribution is 0.174. The maximum Gasteiger partial charge on any atom is 0.231 e. The fourth-order valence-corrected chi connectivity index (χ4v) is 2.50. The molecule has 104 valence electrons. The minimum Gasteiger partial charge on any atom is -0.454 e. The van der Waals surface area contributed by atoms with E-state index in [2.05, 4.69) is 5.32 Å². The minimum atomic E-state index is -0.339. The quantitative estimate of drug-likeness (QED) is 0.911. The van der Waals surface area contributed by atoms with Crippen molar-refractivity contribution in [1.82, 2.24) is 0 Å². The average Bonchev–Trinajstić information content (AvgIpc) is 2.85. The number of nitrogens with one attached hydrogen (secondary N) is 1. The molecule has 3 rings (SSSR count). The first kappa shape index (κ1) is 13.1. The van der Waals surface area contributed by atoms with Crippen molar-refractivity contribution < 1.29 is 13.9 Å². The molecule has 3 nitrogen and oxygen atoms in total. The summed E-state index contributed by atoms with van der Waals surface area (Å²) in [5.41, 5.74) is 1.73. The van der Waals surface area contributed by atoms with Crippen LogP contribution in [0, 0.1) is 5.82 Å². The number of ether oxygens (including phenoxy) is 2. The molecule has 1 atom stereocenters. The summed E-state index contributed by atoms with van der Waals surface area (Å²) in [6.07, 6.45) is 0. The molecule has 1 heterocycles. The Hall–Kier alpha value is -1.94. The molecule has 2 aromatic carbocycles. The van der Waals surface area contributed by atoms with Gasteiger partial charge in [-0.15, -0.1) is 0 Å². The van der Waals surface area contributed by atoms with Crippen molar-refractivity contribution in [2.24, 2.45) is 0 Å². The van der Waals surface area contributed by atoms with Crippen LogP contribution in [0.25, 0.3) is 0 Å². The van der Waals surface area contributed by atoms with E-state index in [0.717, 1.165) is 17.0 Å². The van der Waals surface area contributed by atoms with Crippen LogP contribution >= 0.6 is 11.6 Å². The van der Waals surface area contributed by atoms with E-state index < -0.39 is 0 Å². The monoisotopic (exact) mass is 293 g/mol. The zero-order valence-corrected chi connectivity index (χ0v) is 11.6. The van der Waals surface area contributed by atoms with E-state index in [1.807, 2.05) is 25.1 Å². The molecule has 5 heteroatoms. The molecule has 20 heavy (non-hydrogen) atoms. The van der Waals surface area contributed by atoms with E-state index in [4.69, 9.17) is 21.1 Å². The lowest BCUT2D eigenvalue weighted by Gasteiger charge is -2.17. The van der Waals surface area contributed by atoms with E-state index in [1.165, 1.54) is 12.1 Å². The molecule has 1 aliphatic rings. The highest BCUT2D eigenvalue weighted by molar-refractivity contribution is 6.31. The second kappa shape index (κ2) is 5.21. The number of halogens is 2. The van der Waals surface area contributed by atoms with Crippen molar-refractivity contribution in [1.29, 1.82) is 0 Å². The predicted molar refractivity (Wildman–Crippen MR) is 76.0 cm³/mol. The van der Waals surface area contributed by atoms with Crippen LogP contribution in [-0.4, -0.2) is 6.79 Å². The second-order valence-electron chi connectivity index (χ2n) is 4.60. The SMILES string of the molecule is CC(Nc1ccc2c(c1)OCO2)c1ccc(F)cc1Cl. The molecule has 0 aromatic heterocycles. The van der Waals surface area contributed by atoms with Gasteiger partial charge in [-0.05, 0) is 36.8 Å².